The molecule has 0 atom stereocenters. The number of halogens is 3. The molecular formula is C13H12F3N3O. The van der Waals surface area contributed by atoms with Crippen LogP contribution in [-0.2, 0) is 12.6 Å². The van der Waals surface area contributed by atoms with Gasteiger partial charge in [0.1, 0.15) is 0 Å². The number of nitrogens with one attached hydrogen (secondary N) is 2. The number of benzene rings is 1. The molecule has 0 saturated carbocycles. The summed E-state index contributed by atoms with van der Waals surface area (Å²) < 4.78 is 37.8. The first-order valence-corrected chi connectivity index (χ1v) is 5.93. The van der Waals surface area contributed by atoms with Crippen LogP contribution in [0, 0.1) is 0 Å². The predicted octanol–water partition coefficient (Wildman–Crippen LogP) is 3.09. The number of H-pyrrole nitrogens is 1. The van der Waals surface area contributed by atoms with Crippen LogP contribution in [-0.4, -0.2) is 9.97 Å². The predicted molar refractivity (Wildman–Crippen MR) is 69.0 cm³/mol. The molecule has 0 radical (unpaired) electrons. The van der Waals surface area contributed by atoms with Crippen LogP contribution in [0.4, 0.5) is 24.8 Å². The fraction of sp³-hybridized carbons (Fsp3) is 0.231. The van der Waals surface area contributed by atoms with Crippen LogP contribution < -0.4 is 10.9 Å². The first-order chi connectivity index (χ1) is 9.38. The summed E-state index contributed by atoms with van der Waals surface area (Å²) in [5.74, 6) is 0.119. The van der Waals surface area contributed by atoms with Crippen LogP contribution in [0.2, 0.25) is 0 Å². The van der Waals surface area contributed by atoms with E-state index in [-0.39, 0.29) is 17.2 Å². The monoisotopic (exact) mass is 283 g/mol. The highest BCUT2D eigenvalue weighted by Gasteiger charge is 2.30. The Kier molecular flexibility index (Phi) is 3.78. The molecule has 2 rings (SSSR count). The molecule has 0 spiro atoms. The number of aromatic amines is 1. The summed E-state index contributed by atoms with van der Waals surface area (Å²) in [5, 5.41) is 2.67. The first kappa shape index (κ1) is 14.1. The van der Waals surface area contributed by atoms with E-state index in [2.05, 4.69) is 15.3 Å². The Morgan fingerprint density at radius 3 is 2.70 bits per heavy atom. The smallest absolute Gasteiger partial charge is 0.326 e. The molecule has 0 fully saturated rings. The van der Waals surface area contributed by atoms with Crippen LogP contribution in [0.15, 0.2) is 35.1 Å². The number of hydrogen-bond acceptors (Lipinski definition) is 3. The second kappa shape index (κ2) is 5.36. The van der Waals surface area contributed by atoms with Crippen molar-refractivity contribution in [1.82, 2.24) is 9.97 Å². The molecule has 0 amide bonds. The third-order valence-electron chi connectivity index (χ3n) is 2.61. The molecule has 7 heteroatoms. The second-order valence-corrected chi connectivity index (χ2v) is 4.14. The molecule has 20 heavy (non-hydrogen) atoms. The Morgan fingerprint density at radius 1 is 1.30 bits per heavy atom. The molecule has 0 aliphatic heterocycles. The Hall–Kier alpha value is -2.31. The van der Waals surface area contributed by atoms with E-state index in [9.17, 15) is 18.0 Å². The van der Waals surface area contributed by atoms with Gasteiger partial charge in [-0.1, -0.05) is 13.0 Å². The molecule has 106 valence electrons. The van der Waals surface area contributed by atoms with Gasteiger partial charge in [-0.25, -0.2) is 4.98 Å². The van der Waals surface area contributed by atoms with Gasteiger partial charge in [-0.15, -0.1) is 0 Å². The maximum absolute atomic E-state index is 12.6. The minimum Gasteiger partial charge on any atom is -0.326 e. The average molecular weight is 283 g/mol. The summed E-state index contributed by atoms with van der Waals surface area (Å²) >= 11 is 0. The number of aromatic nitrogens is 2. The van der Waals surface area contributed by atoms with Crippen LogP contribution in [0.1, 0.15) is 18.2 Å². The van der Waals surface area contributed by atoms with Gasteiger partial charge >= 0.3 is 6.18 Å². The number of rotatable bonds is 3. The largest absolute Gasteiger partial charge is 0.416 e. The van der Waals surface area contributed by atoms with Gasteiger partial charge in [0.05, 0.1) is 5.56 Å². The molecule has 0 saturated heterocycles. The third kappa shape index (κ3) is 3.37. The van der Waals surface area contributed by atoms with E-state index in [0.717, 1.165) is 12.1 Å². The van der Waals surface area contributed by atoms with E-state index < -0.39 is 11.7 Å². The van der Waals surface area contributed by atoms with Gasteiger partial charge in [0.2, 0.25) is 5.95 Å². The molecule has 1 aromatic heterocycles. The molecule has 4 nitrogen and oxygen atoms in total. The topological polar surface area (TPSA) is 57.8 Å². The Balaban J connectivity index is 2.31. The van der Waals surface area contributed by atoms with Crippen molar-refractivity contribution in [2.75, 3.05) is 5.32 Å². The lowest BCUT2D eigenvalue weighted by Crippen LogP contribution is -2.12. The number of alkyl halides is 3. The quantitative estimate of drug-likeness (QED) is 0.910. The highest BCUT2D eigenvalue weighted by atomic mass is 19.4. The van der Waals surface area contributed by atoms with Gasteiger partial charge in [-0.3, -0.25) is 9.78 Å². The van der Waals surface area contributed by atoms with E-state index >= 15 is 0 Å². The van der Waals surface area contributed by atoms with Crippen LogP contribution in [0.3, 0.4) is 0 Å². The van der Waals surface area contributed by atoms with Gasteiger partial charge in [0.25, 0.3) is 5.56 Å². The van der Waals surface area contributed by atoms with Crippen molar-refractivity contribution in [3.05, 3.63) is 51.9 Å². The summed E-state index contributed by atoms with van der Waals surface area (Å²) in [6.45, 7) is 1.83. The molecule has 0 bridgehead atoms. The van der Waals surface area contributed by atoms with Gasteiger partial charge in [-0.2, -0.15) is 13.2 Å². The Morgan fingerprint density at radius 2 is 2.05 bits per heavy atom. The summed E-state index contributed by atoms with van der Waals surface area (Å²) in [6.07, 6.45) is -3.86. The lowest BCUT2D eigenvalue weighted by molar-refractivity contribution is -0.137. The zero-order valence-electron chi connectivity index (χ0n) is 10.6. The number of anilines is 2. The summed E-state index contributed by atoms with van der Waals surface area (Å²) in [6, 6.07) is 6.03. The summed E-state index contributed by atoms with van der Waals surface area (Å²) in [4.78, 5) is 17.9. The van der Waals surface area contributed by atoms with Crippen molar-refractivity contribution < 1.29 is 13.2 Å². The van der Waals surface area contributed by atoms with Gasteiger partial charge < -0.3 is 5.32 Å². The zero-order chi connectivity index (χ0) is 14.8. The van der Waals surface area contributed by atoms with Crippen molar-refractivity contribution in [2.24, 2.45) is 0 Å². The van der Waals surface area contributed by atoms with E-state index in [1.54, 1.807) is 0 Å². The molecule has 0 aliphatic rings. The highest BCUT2D eigenvalue weighted by Crippen LogP contribution is 2.31. The lowest BCUT2D eigenvalue weighted by atomic mass is 10.2. The third-order valence-corrected chi connectivity index (χ3v) is 2.61. The normalized spacial score (nSPS) is 11.4. The number of aryl methyl sites for hydroxylation is 1. The molecule has 0 aliphatic carbocycles. The summed E-state index contributed by atoms with van der Waals surface area (Å²) in [7, 11) is 0. The lowest BCUT2D eigenvalue weighted by Gasteiger charge is -2.10. The van der Waals surface area contributed by atoms with Crippen molar-refractivity contribution >= 4 is 11.6 Å². The Bertz CT molecular complexity index is 664. The zero-order valence-corrected chi connectivity index (χ0v) is 10.6. The van der Waals surface area contributed by atoms with E-state index in [1.165, 1.54) is 18.2 Å². The Labute approximate surface area is 112 Å². The first-order valence-electron chi connectivity index (χ1n) is 5.93. The van der Waals surface area contributed by atoms with Crippen molar-refractivity contribution in [2.45, 2.75) is 19.5 Å². The van der Waals surface area contributed by atoms with E-state index in [1.807, 2.05) is 6.92 Å². The molecule has 2 N–H and O–H groups in total. The fourth-order valence-electron chi connectivity index (χ4n) is 1.66. The van der Waals surface area contributed by atoms with Crippen molar-refractivity contribution in [3.8, 4) is 0 Å². The van der Waals surface area contributed by atoms with E-state index in [0.29, 0.717) is 12.1 Å². The molecule has 1 aromatic carbocycles. The molecule has 1 heterocycles. The van der Waals surface area contributed by atoms with Gasteiger partial charge in [-0.05, 0) is 24.6 Å². The van der Waals surface area contributed by atoms with Crippen molar-refractivity contribution in [1.29, 1.82) is 0 Å². The minimum absolute atomic E-state index is 0.119. The molecule has 2 aromatic rings. The average Bonchev–Trinajstić information content (AvgIpc) is 2.37. The maximum Gasteiger partial charge on any atom is 0.416 e. The fourth-order valence-corrected chi connectivity index (χ4v) is 1.66. The highest BCUT2D eigenvalue weighted by molar-refractivity contribution is 5.54. The van der Waals surface area contributed by atoms with Crippen LogP contribution in [0.5, 0.6) is 0 Å². The minimum atomic E-state index is -4.41. The summed E-state index contributed by atoms with van der Waals surface area (Å²) in [5.41, 5.74) is -0.359. The standard InChI is InChI=1S/C13H12F3N3O/c1-2-9-7-11(20)19-12(17-9)18-10-5-3-4-8(6-10)13(14,15)16/h3-7H,2H2,1H3,(H2,17,18,19,20). The number of hydrogen-bond donors (Lipinski definition) is 2. The van der Waals surface area contributed by atoms with Crippen molar-refractivity contribution in [3.63, 3.8) is 0 Å². The van der Waals surface area contributed by atoms with Gasteiger partial charge in [0.15, 0.2) is 0 Å². The van der Waals surface area contributed by atoms with Crippen LogP contribution in [0.25, 0.3) is 0 Å². The SMILES string of the molecule is CCc1cc(=O)[nH]c(Nc2cccc(C(F)(F)F)c2)n1. The molecular weight excluding hydrogens is 271 g/mol. The van der Waals surface area contributed by atoms with Gasteiger partial charge in [0, 0.05) is 17.4 Å². The second-order valence-electron chi connectivity index (χ2n) is 4.14. The number of nitrogens with zero attached hydrogens (tertiary/aromatic N) is 1. The van der Waals surface area contributed by atoms with E-state index in [4.69, 9.17) is 0 Å². The van der Waals surface area contributed by atoms with Crippen LogP contribution >= 0.6 is 0 Å². The molecule has 0 unspecified atom stereocenters. The maximum atomic E-state index is 12.6.